The van der Waals surface area contributed by atoms with E-state index in [4.69, 9.17) is 14.9 Å². The Morgan fingerprint density at radius 1 is 1.40 bits per heavy atom. The Bertz CT molecular complexity index is 343. The first-order valence-corrected chi connectivity index (χ1v) is 5.26. The number of benzene rings is 1. The Labute approximate surface area is 89.3 Å². The summed E-state index contributed by atoms with van der Waals surface area (Å²) in [6.07, 6.45) is 1.08. The van der Waals surface area contributed by atoms with Crippen LogP contribution in [0.25, 0.3) is 0 Å². The van der Waals surface area contributed by atoms with E-state index >= 15 is 0 Å². The van der Waals surface area contributed by atoms with Crippen molar-refractivity contribution >= 4 is 0 Å². The van der Waals surface area contributed by atoms with Crippen molar-refractivity contribution in [1.29, 1.82) is 0 Å². The van der Waals surface area contributed by atoms with E-state index in [1.54, 1.807) is 12.1 Å². The number of hydrogen-bond donors (Lipinski definition) is 2. The van der Waals surface area contributed by atoms with Gasteiger partial charge in [0.2, 0.25) is 0 Å². The van der Waals surface area contributed by atoms with Crippen molar-refractivity contribution in [2.75, 3.05) is 6.61 Å². The third-order valence-corrected chi connectivity index (χ3v) is 2.68. The van der Waals surface area contributed by atoms with Crippen LogP contribution in [0.5, 0.6) is 5.75 Å². The van der Waals surface area contributed by atoms with Crippen LogP contribution in [0.4, 0.5) is 0 Å². The maximum Gasteiger partial charge on any atom is 0.178 e. The van der Waals surface area contributed by atoms with Crippen LogP contribution in [0, 0.1) is 12.8 Å². The van der Waals surface area contributed by atoms with Gasteiger partial charge in [-0.1, -0.05) is 12.1 Å². The Morgan fingerprint density at radius 3 is 2.73 bits per heavy atom. The molecule has 0 spiro atoms. The van der Waals surface area contributed by atoms with Crippen LogP contribution in [0.15, 0.2) is 18.2 Å². The summed E-state index contributed by atoms with van der Waals surface area (Å²) in [6, 6.07) is 5.24. The molecule has 1 aliphatic carbocycles. The van der Waals surface area contributed by atoms with Crippen molar-refractivity contribution in [3.63, 3.8) is 0 Å². The molecular weight excluding hydrogens is 192 g/mol. The van der Waals surface area contributed by atoms with E-state index in [0.717, 1.165) is 17.9 Å². The largest absolute Gasteiger partial charge is 0.493 e. The second-order valence-corrected chi connectivity index (χ2v) is 4.15. The van der Waals surface area contributed by atoms with E-state index in [2.05, 4.69) is 0 Å². The minimum absolute atomic E-state index is 0.478. The molecule has 1 fully saturated rings. The van der Waals surface area contributed by atoms with Crippen LogP contribution in [-0.2, 0) is 0 Å². The average Bonchev–Trinajstić information content (AvgIpc) is 3.00. The molecule has 1 aromatic rings. The highest BCUT2D eigenvalue weighted by Gasteiger charge is 2.22. The van der Waals surface area contributed by atoms with Gasteiger partial charge in [-0.05, 0) is 37.3 Å². The number of ether oxygens (including phenoxy) is 1. The van der Waals surface area contributed by atoms with Gasteiger partial charge in [0.1, 0.15) is 5.75 Å². The number of rotatable bonds is 4. The molecule has 3 heteroatoms. The van der Waals surface area contributed by atoms with Crippen molar-refractivity contribution in [1.82, 2.24) is 0 Å². The fourth-order valence-corrected chi connectivity index (χ4v) is 1.42. The molecule has 2 N–H and O–H groups in total. The zero-order chi connectivity index (χ0) is 10.8. The van der Waals surface area contributed by atoms with Gasteiger partial charge in [-0.2, -0.15) is 0 Å². The average molecular weight is 208 g/mol. The summed E-state index contributed by atoms with van der Waals surface area (Å²) in [5.74, 6) is 1.46. The van der Waals surface area contributed by atoms with Gasteiger partial charge in [-0.25, -0.2) is 0 Å². The number of hydrogen-bond acceptors (Lipinski definition) is 3. The molecule has 15 heavy (non-hydrogen) atoms. The molecule has 0 aromatic heterocycles. The molecule has 0 aliphatic heterocycles. The second-order valence-electron chi connectivity index (χ2n) is 4.15. The van der Waals surface area contributed by atoms with Gasteiger partial charge in [0.05, 0.1) is 6.61 Å². The predicted molar refractivity (Wildman–Crippen MR) is 56.6 cm³/mol. The molecule has 1 aromatic carbocycles. The van der Waals surface area contributed by atoms with E-state index in [-0.39, 0.29) is 0 Å². The fourth-order valence-electron chi connectivity index (χ4n) is 1.42. The summed E-state index contributed by atoms with van der Waals surface area (Å²) in [6.45, 7) is 2.70. The van der Waals surface area contributed by atoms with E-state index in [1.165, 1.54) is 12.8 Å². The molecule has 0 heterocycles. The van der Waals surface area contributed by atoms with Crippen LogP contribution in [0.2, 0.25) is 0 Å². The Kier molecular flexibility index (Phi) is 2.93. The van der Waals surface area contributed by atoms with Crippen LogP contribution < -0.4 is 4.74 Å². The van der Waals surface area contributed by atoms with Gasteiger partial charge < -0.3 is 14.9 Å². The van der Waals surface area contributed by atoms with Crippen molar-refractivity contribution in [2.24, 2.45) is 5.92 Å². The van der Waals surface area contributed by atoms with E-state index in [0.29, 0.717) is 11.5 Å². The van der Waals surface area contributed by atoms with Crippen molar-refractivity contribution in [2.45, 2.75) is 26.1 Å². The van der Waals surface area contributed by atoms with Crippen LogP contribution in [0.1, 0.15) is 30.3 Å². The van der Waals surface area contributed by atoms with Gasteiger partial charge in [0.15, 0.2) is 6.29 Å². The van der Waals surface area contributed by atoms with Crippen LogP contribution in [-0.4, -0.2) is 16.8 Å². The maximum absolute atomic E-state index is 9.03. The number of aliphatic hydroxyl groups excluding tert-OH is 1. The first-order chi connectivity index (χ1) is 7.16. The highest BCUT2D eigenvalue weighted by molar-refractivity contribution is 5.37. The standard InChI is InChI=1S/C12H16O3/c1-8-2-5-10(12(13)14)6-11(8)15-7-9-3-4-9/h2,5-6,9,12-14H,3-4,7H2,1H3. The van der Waals surface area contributed by atoms with Gasteiger partial charge in [-0.15, -0.1) is 0 Å². The minimum Gasteiger partial charge on any atom is -0.493 e. The molecule has 0 atom stereocenters. The van der Waals surface area contributed by atoms with Gasteiger partial charge >= 0.3 is 0 Å². The zero-order valence-corrected chi connectivity index (χ0v) is 8.81. The lowest BCUT2D eigenvalue weighted by atomic mass is 10.1. The molecule has 0 saturated heterocycles. The minimum atomic E-state index is -1.42. The van der Waals surface area contributed by atoms with E-state index in [9.17, 15) is 0 Å². The topological polar surface area (TPSA) is 49.7 Å². The van der Waals surface area contributed by atoms with Gasteiger partial charge in [0.25, 0.3) is 0 Å². The molecule has 3 nitrogen and oxygen atoms in total. The Balaban J connectivity index is 2.08. The lowest BCUT2D eigenvalue weighted by Gasteiger charge is -2.11. The maximum atomic E-state index is 9.03. The first-order valence-electron chi connectivity index (χ1n) is 5.26. The number of aliphatic hydroxyl groups is 2. The van der Waals surface area contributed by atoms with Crippen molar-refractivity contribution in [3.8, 4) is 5.75 Å². The van der Waals surface area contributed by atoms with Crippen molar-refractivity contribution in [3.05, 3.63) is 29.3 Å². The second kappa shape index (κ2) is 4.21. The highest BCUT2D eigenvalue weighted by Crippen LogP contribution is 2.31. The van der Waals surface area contributed by atoms with Gasteiger partial charge in [-0.3, -0.25) is 0 Å². The molecule has 0 amide bonds. The Morgan fingerprint density at radius 2 is 2.13 bits per heavy atom. The van der Waals surface area contributed by atoms with Crippen LogP contribution in [0.3, 0.4) is 0 Å². The summed E-state index contributed by atoms with van der Waals surface area (Å²) in [7, 11) is 0. The molecule has 0 bridgehead atoms. The van der Waals surface area contributed by atoms with E-state index in [1.807, 2.05) is 13.0 Å². The molecule has 0 unspecified atom stereocenters. The molecule has 0 radical (unpaired) electrons. The zero-order valence-electron chi connectivity index (χ0n) is 8.81. The first kappa shape index (κ1) is 10.5. The van der Waals surface area contributed by atoms with E-state index < -0.39 is 6.29 Å². The molecule has 1 saturated carbocycles. The smallest absolute Gasteiger partial charge is 0.178 e. The molecule has 2 rings (SSSR count). The normalized spacial score (nSPS) is 15.7. The summed E-state index contributed by atoms with van der Waals surface area (Å²) >= 11 is 0. The number of aryl methyl sites for hydroxylation is 1. The van der Waals surface area contributed by atoms with Crippen molar-refractivity contribution < 1.29 is 14.9 Å². The summed E-state index contributed by atoms with van der Waals surface area (Å²) in [4.78, 5) is 0. The Hall–Kier alpha value is -1.06. The predicted octanol–water partition coefficient (Wildman–Crippen LogP) is 1.77. The third-order valence-electron chi connectivity index (χ3n) is 2.68. The third kappa shape index (κ3) is 2.70. The SMILES string of the molecule is Cc1ccc(C(O)O)cc1OCC1CC1. The summed E-state index contributed by atoms with van der Waals surface area (Å²) in [5, 5.41) is 18.1. The monoisotopic (exact) mass is 208 g/mol. The van der Waals surface area contributed by atoms with Crippen LogP contribution >= 0.6 is 0 Å². The summed E-state index contributed by atoms with van der Waals surface area (Å²) in [5.41, 5.74) is 1.51. The summed E-state index contributed by atoms with van der Waals surface area (Å²) < 4.78 is 5.63. The lowest BCUT2D eigenvalue weighted by molar-refractivity contribution is -0.0426. The molecular formula is C12H16O3. The quantitative estimate of drug-likeness (QED) is 0.741. The lowest BCUT2D eigenvalue weighted by Crippen LogP contribution is -2.02. The molecule has 82 valence electrons. The van der Waals surface area contributed by atoms with Gasteiger partial charge in [0, 0.05) is 5.56 Å². The molecule has 1 aliphatic rings. The highest BCUT2D eigenvalue weighted by atomic mass is 16.5. The fraction of sp³-hybridized carbons (Fsp3) is 0.500.